The van der Waals surface area contributed by atoms with Gasteiger partial charge in [0.2, 0.25) is 0 Å². The second-order valence-corrected chi connectivity index (χ2v) is 6.44. The summed E-state index contributed by atoms with van der Waals surface area (Å²) in [6.07, 6.45) is 2.64. The average molecular weight is 278 g/mol. The summed E-state index contributed by atoms with van der Waals surface area (Å²) in [4.78, 5) is 1.32. The highest BCUT2D eigenvalue weighted by Crippen LogP contribution is 2.32. The molecular weight excluding hydrogens is 262 g/mol. The Morgan fingerprint density at radius 3 is 2.78 bits per heavy atom. The average Bonchev–Trinajstić information content (AvgIpc) is 3.09. The number of nitrogens with one attached hydrogen (secondary N) is 1. The van der Waals surface area contributed by atoms with E-state index in [1.54, 1.807) is 11.3 Å². The molecule has 1 saturated carbocycles. The number of rotatable bonds is 4. The van der Waals surface area contributed by atoms with Crippen LogP contribution in [-0.4, -0.2) is 6.04 Å². The topological polar surface area (TPSA) is 12.0 Å². The minimum atomic E-state index is 0.739. The van der Waals surface area contributed by atoms with Crippen molar-refractivity contribution in [2.75, 3.05) is 0 Å². The summed E-state index contributed by atoms with van der Waals surface area (Å²) in [5, 5.41) is 6.52. The maximum atomic E-state index is 6.38. The van der Waals surface area contributed by atoms with E-state index in [1.807, 2.05) is 0 Å². The molecule has 1 aromatic heterocycles. The van der Waals surface area contributed by atoms with Gasteiger partial charge in [-0.1, -0.05) is 23.7 Å². The second kappa shape index (κ2) is 5.04. The van der Waals surface area contributed by atoms with Crippen LogP contribution in [0.2, 0.25) is 5.02 Å². The van der Waals surface area contributed by atoms with Gasteiger partial charge in [0.1, 0.15) is 0 Å². The van der Waals surface area contributed by atoms with Crippen LogP contribution in [0.5, 0.6) is 0 Å². The molecule has 3 rings (SSSR count). The standard InChI is InChI=1S/C15H16ClNS/c1-10-6-12(9-18-10)14-5-2-11(7-15(14)16)8-17-13-3-4-13/h2,5-7,9,13,17H,3-4,8H2,1H3. The van der Waals surface area contributed by atoms with E-state index in [0.717, 1.165) is 23.2 Å². The number of aryl methyl sites for hydroxylation is 1. The molecule has 0 spiro atoms. The van der Waals surface area contributed by atoms with Gasteiger partial charge < -0.3 is 5.32 Å². The minimum Gasteiger partial charge on any atom is -0.310 e. The summed E-state index contributed by atoms with van der Waals surface area (Å²) in [5.74, 6) is 0. The van der Waals surface area contributed by atoms with Gasteiger partial charge in [0.15, 0.2) is 0 Å². The predicted octanol–water partition coefficient (Wildman–Crippen LogP) is 4.63. The Hall–Kier alpha value is -0.830. The van der Waals surface area contributed by atoms with Crippen molar-refractivity contribution < 1.29 is 0 Å². The number of hydrogen-bond donors (Lipinski definition) is 1. The molecule has 3 heteroatoms. The van der Waals surface area contributed by atoms with Crippen LogP contribution in [0.4, 0.5) is 0 Å². The fraction of sp³-hybridized carbons (Fsp3) is 0.333. The molecule has 1 aliphatic carbocycles. The molecule has 1 nitrogen and oxygen atoms in total. The summed E-state index contributed by atoms with van der Waals surface area (Å²) in [7, 11) is 0. The van der Waals surface area contributed by atoms with Gasteiger partial charge >= 0.3 is 0 Å². The van der Waals surface area contributed by atoms with E-state index < -0.39 is 0 Å². The maximum absolute atomic E-state index is 6.38. The lowest BCUT2D eigenvalue weighted by molar-refractivity contribution is 0.688. The Morgan fingerprint density at radius 2 is 2.17 bits per heavy atom. The largest absolute Gasteiger partial charge is 0.310 e. The molecule has 0 atom stereocenters. The SMILES string of the molecule is Cc1cc(-c2ccc(CNC3CC3)cc2Cl)cs1. The van der Waals surface area contributed by atoms with E-state index in [4.69, 9.17) is 11.6 Å². The number of benzene rings is 1. The van der Waals surface area contributed by atoms with E-state index in [2.05, 4.69) is 41.9 Å². The van der Waals surface area contributed by atoms with E-state index >= 15 is 0 Å². The zero-order valence-electron chi connectivity index (χ0n) is 10.4. The third kappa shape index (κ3) is 2.77. The second-order valence-electron chi connectivity index (χ2n) is 4.92. The van der Waals surface area contributed by atoms with Gasteiger partial charge in [-0.05, 0) is 48.4 Å². The van der Waals surface area contributed by atoms with Crippen LogP contribution in [0.15, 0.2) is 29.6 Å². The number of thiophene rings is 1. The highest BCUT2D eigenvalue weighted by Gasteiger charge is 2.20. The molecule has 1 aliphatic rings. The van der Waals surface area contributed by atoms with Crippen molar-refractivity contribution in [1.82, 2.24) is 5.32 Å². The van der Waals surface area contributed by atoms with Gasteiger partial charge in [0.05, 0.1) is 0 Å². The van der Waals surface area contributed by atoms with E-state index in [0.29, 0.717) is 0 Å². The van der Waals surface area contributed by atoms with E-state index in [-0.39, 0.29) is 0 Å². The summed E-state index contributed by atoms with van der Waals surface area (Å²) < 4.78 is 0. The first-order valence-corrected chi connectivity index (χ1v) is 7.55. The maximum Gasteiger partial charge on any atom is 0.0487 e. The van der Waals surface area contributed by atoms with Crippen molar-refractivity contribution in [1.29, 1.82) is 0 Å². The van der Waals surface area contributed by atoms with Gasteiger partial charge in [-0.2, -0.15) is 0 Å². The Kier molecular flexibility index (Phi) is 3.42. The number of halogens is 1. The van der Waals surface area contributed by atoms with Gasteiger partial charge in [-0.3, -0.25) is 0 Å². The van der Waals surface area contributed by atoms with Crippen LogP contribution in [0.1, 0.15) is 23.3 Å². The number of hydrogen-bond acceptors (Lipinski definition) is 2. The van der Waals surface area contributed by atoms with Crippen molar-refractivity contribution in [3.05, 3.63) is 45.1 Å². The lowest BCUT2D eigenvalue weighted by Gasteiger charge is -2.07. The first kappa shape index (κ1) is 12.2. The fourth-order valence-corrected chi connectivity index (χ4v) is 3.05. The molecule has 0 aliphatic heterocycles. The highest BCUT2D eigenvalue weighted by atomic mass is 35.5. The summed E-state index contributed by atoms with van der Waals surface area (Å²) in [6, 6.07) is 9.31. The summed E-state index contributed by atoms with van der Waals surface area (Å²) in [5.41, 5.74) is 3.63. The molecule has 0 bridgehead atoms. The fourth-order valence-electron chi connectivity index (χ4n) is 2.04. The lowest BCUT2D eigenvalue weighted by Crippen LogP contribution is -2.15. The minimum absolute atomic E-state index is 0.739. The zero-order valence-corrected chi connectivity index (χ0v) is 11.9. The van der Waals surface area contributed by atoms with Crippen molar-refractivity contribution in [3.63, 3.8) is 0 Å². The van der Waals surface area contributed by atoms with Crippen LogP contribution in [0, 0.1) is 6.92 Å². The van der Waals surface area contributed by atoms with E-state index in [9.17, 15) is 0 Å². The normalized spacial score (nSPS) is 15.0. The third-order valence-electron chi connectivity index (χ3n) is 3.25. The Balaban J connectivity index is 1.79. The molecule has 0 amide bonds. The molecule has 1 N–H and O–H groups in total. The van der Waals surface area contributed by atoms with Gasteiger partial charge in [0.25, 0.3) is 0 Å². The zero-order chi connectivity index (χ0) is 12.5. The smallest absolute Gasteiger partial charge is 0.0487 e. The first-order valence-electron chi connectivity index (χ1n) is 6.30. The van der Waals surface area contributed by atoms with Gasteiger partial charge in [-0.25, -0.2) is 0 Å². The van der Waals surface area contributed by atoms with Crippen LogP contribution >= 0.6 is 22.9 Å². The molecule has 1 fully saturated rings. The third-order valence-corrected chi connectivity index (χ3v) is 4.42. The van der Waals surface area contributed by atoms with Crippen molar-refractivity contribution in [3.8, 4) is 11.1 Å². The lowest BCUT2D eigenvalue weighted by atomic mass is 10.1. The van der Waals surface area contributed by atoms with Crippen molar-refractivity contribution in [2.45, 2.75) is 32.4 Å². The molecule has 0 saturated heterocycles. The van der Waals surface area contributed by atoms with Crippen LogP contribution in [0.25, 0.3) is 11.1 Å². The molecule has 0 unspecified atom stereocenters. The van der Waals surface area contributed by atoms with Gasteiger partial charge in [0, 0.05) is 28.0 Å². The monoisotopic (exact) mass is 277 g/mol. The van der Waals surface area contributed by atoms with E-state index in [1.165, 1.54) is 28.8 Å². The molecule has 1 heterocycles. The quantitative estimate of drug-likeness (QED) is 0.859. The first-order chi connectivity index (χ1) is 8.72. The van der Waals surface area contributed by atoms with Crippen LogP contribution in [0.3, 0.4) is 0 Å². The molecule has 2 aromatic rings. The van der Waals surface area contributed by atoms with Crippen LogP contribution in [-0.2, 0) is 6.54 Å². The summed E-state index contributed by atoms with van der Waals surface area (Å²) in [6.45, 7) is 3.04. The Morgan fingerprint density at radius 1 is 1.33 bits per heavy atom. The van der Waals surface area contributed by atoms with Crippen LogP contribution < -0.4 is 5.32 Å². The molecular formula is C15H16ClNS. The van der Waals surface area contributed by atoms with Crippen molar-refractivity contribution >= 4 is 22.9 Å². The molecule has 18 heavy (non-hydrogen) atoms. The molecule has 0 radical (unpaired) electrons. The van der Waals surface area contributed by atoms with Gasteiger partial charge in [-0.15, -0.1) is 11.3 Å². The summed E-state index contributed by atoms with van der Waals surface area (Å²) >= 11 is 8.14. The highest BCUT2D eigenvalue weighted by molar-refractivity contribution is 7.10. The Bertz CT molecular complexity index is 557. The molecule has 94 valence electrons. The predicted molar refractivity (Wildman–Crippen MR) is 79.4 cm³/mol. The molecule has 1 aromatic carbocycles. The van der Waals surface area contributed by atoms with Crippen molar-refractivity contribution in [2.24, 2.45) is 0 Å². The Labute approximate surface area is 117 Å².